The normalized spacial score (nSPS) is 13.7. The molecule has 1 saturated heterocycles. The number of benzene rings is 2. The first-order valence-corrected chi connectivity index (χ1v) is 12.7. The number of non-ortho nitro benzene ring substituents is 1. The predicted octanol–water partition coefficient (Wildman–Crippen LogP) is 3.64. The molecule has 0 N–H and O–H groups in total. The molecule has 10 nitrogen and oxygen atoms in total. The molecule has 0 spiro atoms. The number of nitro benzene ring substituents is 1. The molecule has 2 aromatic carbocycles. The number of ether oxygens (including phenoxy) is 1. The van der Waals surface area contributed by atoms with E-state index in [4.69, 9.17) is 9.15 Å². The number of nitrogens with zero attached hydrogens (tertiary/aromatic N) is 4. The number of furan rings is 1. The average molecular weight is 539 g/mol. The molecule has 3 aromatic rings. The van der Waals surface area contributed by atoms with Crippen LogP contribution in [0.3, 0.4) is 0 Å². The van der Waals surface area contributed by atoms with E-state index in [1.165, 1.54) is 41.3 Å². The zero-order valence-electron chi connectivity index (χ0n) is 21.8. The summed E-state index contributed by atoms with van der Waals surface area (Å²) in [5.41, 5.74) is 0.648. The summed E-state index contributed by atoms with van der Waals surface area (Å²) in [6.07, 6.45) is 0. The summed E-state index contributed by atoms with van der Waals surface area (Å²) >= 11 is 0. The third kappa shape index (κ3) is 7.95. The number of amides is 2. The molecule has 39 heavy (non-hydrogen) atoms. The van der Waals surface area contributed by atoms with Crippen molar-refractivity contribution in [3.8, 4) is 0 Å². The Morgan fingerprint density at radius 1 is 1.03 bits per heavy atom. The monoisotopic (exact) mass is 538 g/mol. The highest BCUT2D eigenvalue weighted by Gasteiger charge is 2.25. The number of hydrogen-bond donors (Lipinski definition) is 0. The first kappa shape index (κ1) is 27.9. The molecule has 206 valence electrons. The van der Waals surface area contributed by atoms with E-state index in [9.17, 15) is 24.1 Å². The molecule has 11 heteroatoms. The van der Waals surface area contributed by atoms with Crippen LogP contribution < -0.4 is 0 Å². The van der Waals surface area contributed by atoms with Crippen LogP contribution in [0, 0.1) is 22.9 Å². The van der Waals surface area contributed by atoms with Crippen LogP contribution in [0.25, 0.3) is 0 Å². The molecule has 1 aromatic heterocycles. The van der Waals surface area contributed by atoms with Gasteiger partial charge < -0.3 is 19.0 Å². The summed E-state index contributed by atoms with van der Waals surface area (Å²) in [7, 11) is 0. The summed E-state index contributed by atoms with van der Waals surface area (Å²) in [5.74, 6) is 0.0835. The van der Waals surface area contributed by atoms with Gasteiger partial charge in [-0.05, 0) is 42.8 Å². The van der Waals surface area contributed by atoms with Crippen molar-refractivity contribution in [2.24, 2.45) is 0 Å². The minimum absolute atomic E-state index is 0.130. The Hall–Kier alpha value is -4.09. The fourth-order valence-corrected chi connectivity index (χ4v) is 4.34. The molecule has 1 fully saturated rings. The molecule has 1 aliphatic rings. The molecule has 0 radical (unpaired) electrons. The molecule has 0 aliphatic carbocycles. The lowest BCUT2D eigenvalue weighted by Crippen LogP contribution is -2.47. The molecule has 0 atom stereocenters. The lowest BCUT2D eigenvalue weighted by Gasteiger charge is -2.31. The molecule has 0 saturated carbocycles. The smallest absolute Gasteiger partial charge is 0.270 e. The van der Waals surface area contributed by atoms with Crippen LogP contribution in [0.15, 0.2) is 65.1 Å². The molecule has 2 heterocycles. The van der Waals surface area contributed by atoms with Gasteiger partial charge in [-0.1, -0.05) is 18.2 Å². The van der Waals surface area contributed by atoms with Crippen molar-refractivity contribution in [1.29, 1.82) is 0 Å². The zero-order valence-corrected chi connectivity index (χ0v) is 21.8. The van der Waals surface area contributed by atoms with Crippen molar-refractivity contribution < 1.29 is 28.1 Å². The summed E-state index contributed by atoms with van der Waals surface area (Å²) in [5, 5.41) is 11.3. The zero-order chi connectivity index (χ0) is 27.8. The topological polar surface area (TPSA) is 109 Å². The van der Waals surface area contributed by atoms with E-state index in [0.717, 1.165) is 5.56 Å². The van der Waals surface area contributed by atoms with Crippen molar-refractivity contribution in [2.75, 3.05) is 45.9 Å². The Morgan fingerprint density at radius 2 is 1.77 bits per heavy atom. The molecule has 1 aliphatic heterocycles. The van der Waals surface area contributed by atoms with Gasteiger partial charge in [0.15, 0.2) is 0 Å². The number of halogens is 1. The van der Waals surface area contributed by atoms with Crippen molar-refractivity contribution in [1.82, 2.24) is 14.7 Å². The SMILES string of the molecule is Cc1ccc(CN(Cc2ccc(F)cc2)C(=O)CN(CCN2CCOCC2)C(=O)c2cccc([N+](=O)[O-])c2)o1. The maximum Gasteiger partial charge on any atom is 0.270 e. The second kappa shape index (κ2) is 13.1. The summed E-state index contributed by atoms with van der Waals surface area (Å²) in [6.45, 7) is 5.27. The number of aryl methyl sites for hydroxylation is 1. The van der Waals surface area contributed by atoms with Crippen molar-refractivity contribution in [2.45, 2.75) is 20.0 Å². The molecule has 0 bridgehead atoms. The Bertz CT molecular complexity index is 1290. The van der Waals surface area contributed by atoms with Gasteiger partial charge >= 0.3 is 0 Å². The van der Waals surface area contributed by atoms with Crippen LogP contribution in [-0.4, -0.2) is 77.4 Å². The van der Waals surface area contributed by atoms with Gasteiger partial charge in [0.05, 0.1) is 24.7 Å². The number of rotatable bonds is 11. The number of carbonyl (C=O) groups is 2. The van der Waals surface area contributed by atoms with Gasteiger partial charge in [-0.15, -0.1) is 0 Å². The van der Waals surface area contributed by atoms with E-state index in [2.05, 4.69) is 4.90 Å². The van der Waals surface area contributed by atoms with Gasteiger partial charge in [0.25, 0.3) is 11.6 Å². The molecular formula is C28H31FN4O6. The first-order valence-electron chi connectivity index (χ1n) is 12.7. The number of carbonyl (C=O) groups excluding carboxylic acids is 2. The highest BCUT2D eigenvalue weighted by atomic mass is 19.1. The quantitative estimate of drug-likeness (QED) is 0.271. The van der Waals surface area contributed by atoms with Crippen LogP contribution in [0.4, 0.5) is 10.1 Å². The van der Waals surface area contributed by atoms with Gasteiger partial charge in [-0.3, -0.25) is 24.6 Å². The summed E-state index contributed by atoms with van der Waals surface area (Å²) < 4.78 is 24.6. The third-order valence-corrected chi connectivity index (χ3v) is 6.49. The number of hydrogen-bond acceptors (Lipinski definition) is 7. The lowest BCUT2D eigenvalue weighted by atomic mass is 10.1. The largest absolute Gasteiger partial charge is 0.464 e. The maximum atomic E-state index is 13.7. The van der Waals surface area contributed by atoms with Crippen LogP contribution >= 0.6 is 0 Å². The second-order valence-corrected chi connectivity index (χ2v) is 9.38. The Morgan fingerprint density at radius 3 is 2.44 bits per heavy atom. The van der Waals surface area contributed by atoms with E-state index >= 15 is 0 Å². The molecular weight excluding hydrogens is 507 g/mol. The van der Waals surface area contributed by atoms with E-state index < -0.39 is 10.8 Å². The average Bonchev–Trinajstić information content (AvgIpc) is 3.36. The van der Waals surface area contributed by atoms with Crippen LogP contribution in [-0.2, 0) is 22.6 Å². The van der Waals surface area contributed by atoms with Crippen LogP contribution in [0.1, 0.15) is 27.4 Å². The minimum Gasteiger partial charge on any atom is -0.464 e. The van der Waals surface area contributed by atoms with Crippen LogP contribution in [0.2, 0.25) is 0 Å². The number of morpholine rings is 1. The maximum absolute atomic E-state index is 13.7. The molecule has 4 rings (SSSR count). The summed E-state index contributed by atoms with van der Waals surface area (Å²) in [4.78, 5) is 43.0. The molecule has 0 unspecified atom stereocenters. The van der Waals surface area contributed by atoms with Crippen molar-refractivity contribution in [3.63, 3.8) is 0 Å². The fraction of sp³-hybridized carbons (Fsp3) is 0.357. The van der Waals surface area contributed by atoms with Crippen molar-refractivity contribution in [3.05, 3.63) is 99.2 Å². The first-order chi connectivity index (χ1) is 18.8. The third-order valence-electron chi connectivity index (χ3n) is 6.49. The highest BCUT2D eigenvalue weighted by Crippen LogP contribution is 2.17. The Labute approximate surface area is 225 Å². The van der Waals surface area contributed by atoms with Gasteiger partial charge in [-0.2, -0.15) is 0 Å². The van der Waals surface area contributed by atoms with Gasteiger partial charge in [0, 0.05) is 50.4 Å². The van der Waals surface area contributed by atoms with E-state index in [-0.39, 0.29) is 49.2 Å². The van der Waals surface area contributed by atoms with E-state index in [0.29, 0.717) is 44.4 Å². The second-order valence-electron chi connectivity index (χ2n) is 9.38. The lowest BCUT2D eigenvalue weighted by molar-refractivity contribution is -0.384. The van der Waals surface area contributed by atoms with E-state index in [1.54, 1.807) is 36.1 Å². The standard InChI is InChI=1S/C28H31FN4O6/c1-21-5-10-26(39-21)19-32(18-22-6-8-24(29)9-7-22)27(34)20-31(12-11-30-13-15-38-16-14-30)28(35)23-3-2-4-25(17-23)33(36)37/h2-10,17H,11-16,18-20H2,1H3. The number of nitro groups is 1. The Kier molecular flexibility index (Phi) is 9.40. The fourth-order valence-electron chi connectivity index (χ4n) is 4.34. The highest BCUT2D eigenvalue weighted by molar-refractivity contribution is 5.97. The minimum atomic E-state index is -0.560. The predicted molar refractivity (Wildman–Crippen MR) is 140 cm³/mol. The Balaban J connectivity index is 1.56. The van der Waals surface area contributed by atoms with Gasteiger partial charge in [0.1, 0.15) is 23.9 Å². The summed E-state index contributed by atoms with van der Waals surface area (Å²) in [6, 6.07) is 14.9. The van der Waals surface area contributed by atoms with Crippen LogP contribution in [0.5, 0.6) is 0 Å². The van der Waals surface area contributed by atoms with Gasteiger partial charge in [0.2, 0.25) is 5.91 Å². The molecule has 2 amide bonds. The van der Waals surface area contributed by atoms with Crippen molar-refractivity contribution >= 4 is 17.5 Å². The van der Waals surface area contributed by atoms with Gasteiger partial charge in [-0.25, -0.2) is 4.39 Å². The van der Waals surface area contributed by atoms with E-state index in [1.807, 2.05) is 0 Å².